The van der Waals surface area contributed by atoms with Gasteiger partial charge in [0, 0.05) is 24.8 Å². The van der Waals surface area contributed by atoms with Gasteiger partial charge in [0.1, 0.15) is 0 Å². The molecular weight excluding hydrogens is 360 g/mol. The molecule has 2 aromatic carbocycles. The predicted octanol–water partition coefficient (Wildman–Crippen LogP) is 5.01. The van der Waals surface area contributed by atoms with Crippen molar-refractivity contribution in [2.24, 2.45) is 0 Å². The third kappa shape index (κ3) is 3.51. The average Bonchev–Trinajstić information content (AvgIpc) is 3.15. The van der Waals surface area contributed by atoms with Gasteiger partial charge in [-0.2, -0.15) is 5.10 Å². The van der Waals surface area contributed by atoms with Crippen molar-refractivity contribution in [3.8, 4) is 11.3 Å². The van der Waals surface area contributed by atoms with Crippen LogP contribution in [-0.2, 0) is 6.54 Å². The summed E-state index contributed by atoms with van der Waals surface area (Å²) in [6.45, 7) is 6.79. The van der Waals surface area contributed by atoms with Gasteiger partial charge in [0.25, 0.3) is 5.91 Å². The lowest BCUT2D eigenvalue weighted by Gasteiger charge is -2.19. The number of benzene rings is 2. The summed E-state index contributed by atoms with van der Waals surface area (Å²) in [5.74, 6) is -0.0739. The second kappa shape index (κ2) is 7.51. The number of rotatable bonds is 4. The first-order valence-electron chi connectivity index (χ1n) is 9.76. The van der Waals surface area contributed by atoms with E-state index in [-0.39, 0.29) is 5.91 Å². The first kappa shape index (κ1) is 18.9. The van der Waals surface area contributed by atoms with Gasteiger partial charge in [0.2, 0.25) is 0 Å². The fourth-order valence-corrected chi connectivity index (χ4v) is 3.66. The molecule has 5 heteroatoms. The fourth-order valence-electron chi connectivity index (χ4n) is 3.66. The van der Waals surface area contributed by atoms with Gasteiger partial charge in [0.15, 0.2) is 5.65 Å². The maximum atomic E-state index is 13.5. The third-order valence-corrected chi connectivity index (χ3v) is 5.11. The first-order valence-corrected chi connectivity index (χ1v) is 9.76. The topological polar surface area (TPSA) is 51.0 Å². The second-order valence-electron chi connectivity index (χ2n) is 7.33. The van der Waals surface area contributed by atoms with Gasteiger partial charge < -0.3 is 4.90 Å². The number of carbonyl (C=O) groups excluding carboxylic acids is 1. The largest absolute Gasteiger partial charge is 0.311 e. The maximum Gasteiger partial charge on any atom is 0.258 e. The summed E-state index contributed by atoms with van der Waals surface area (Å²) in [4.78, 5) is 20.0. The summed E-state index contributed by atoms with van der Waals surface area (Å²) in [5, 5.41) is 5.21. The highest BCUT2D eigenvalue weighted by molar-refractivity contribution is 6.13. The summed E-state index contributed by atoms with van der Waals surface area (Å²) in [6, 6.07) is 18.0. The van der Waals surface area contributed by atoms with Crippen molar-refractivity contribution in [2.75, 3.05) is 11.9 Å². The lowest BCUT2D eigenvalue weighted by Crippen LogP contribution is -2.26. The predicted molar refractivity (Wildman–Crippen MR) is 117 cm³/mol. The van der Waals surface area contributed by atoms with Crippen LogP contribution in [0, 0.1) is 13.8 Å². The number of pyridine rings is 1. The van der Waals surface area contributed by atoms with Crippen LogP contribution >= 0.6 is 0 Å². The molecule has 4 rings (SSSR count). The van der Waals surface area contributed by atoms with Crippen LogP contribution in [0.5, 0.6) is 0 Å². The van der Waals surface area contributed by atoms with E-state index < -0.39 is 0 Å². The number of fused-ring (bicyclic) bond motifs is 1. The molecule has 0 saturated heterocycles. The Balaban J connectivity index is 1.87. The van der Waals surface area contributed by atoms with Crippen LogP contribution in [0.15, 0.2) is 60.8 Å². The summed E-state index contributed by atoms with van der Waals surface area (Å²) in [5.41, 5.74) is 6.21. The number of nitrogens with zero attached hydrogens (tertiary/aromatic N) is 4. The van der Waals surface area contributed by atoms with E-state index in [1.165, 1.54) is 0 Å². The van der Waals surface area contributed by atoms with Crippen LogP contribution in [0.25, 0.3) is 22.3 Å². The van der Waals surface area contributed by atoms with E-state index in [2.05, 4.69) is 11.2 Å². The number of carbonyl (C=O) groups is 1. The molecule has 0 aliphatic rings. The molecule has 146 valence electrons. The second-order valence-corrected chi connectivity index (χ2v) is 7.33. The normalized spacial score (nSPS) is 11.0. The van der Waals surface area contributed by atoms with Gasteiger partial charge in [0.05, 0.1) is 22.8 Å². The number of aromatic nitrogens is 3. The van der Waals surface area contributed by atoms with E-state index >= 15 is 0 Å². The zero-order chi connectivity index (χ0) is 20.5. The molecule has 29 heavy (non-hydrogen) atoms. The highest BCUT2D eigenvalue weighted by Gasteiger charge is 2.21. The molecule has 4 aromatic rings. The molecule has 5 nitrogen and oxygen atoms in total. The molecule has 0 fully saturated rings. The van der Waals surface area contributed by atoms with Gasteiger partial charge in [-0.05, 0) is 50.1 Å². The fraction of sp³-hybridized carbons (Fsp3) is 0.208. The molecule has 1 amide bonds. The van der Waals surface area contributed by atoms with Crippen LogP contribution in [-0.4, -0.2) is 27.7 Å². The highest BCUT2D eigenvalue weighted by Crippen LogP contribution is 2.27. The van der Waals surface area contributed by atoms with Crippen LogP contribution in [0.4, 0.5) is 5.69 Å². The Hall–Kier alpha value is -3.47. The Labute approximate surface area is 170 Å². The molecule has 0 bridgehead atoms. The van der Waals surface area contributed by atoms with Crippen molar-refractivity contribution in [2.45, 2.75) is 27.3 Å². The third-order valence-electron chi connectivity index (χ3n) is 5.11. The van der Waals surface area contributed by atoms with E-state index in [9.17, 15) is 4.79 Å². The molecule has 0 atom stereocenters. The van der Waals surface area contributed by atoms with E-state index in [1.807, 2.05) is 81.0 Å². The molecule has 0 aliphatic carbocycles. The Kier molecular flexibility index (Phi) is 4.89. The monoisotopic (exact) mass is 384 g/mol. The van der Waals surface area contributed by atoms with Crippen molar-refractivity contribution in [1.29, 1.82) is 0 Å². The smallest absolute Gasteiger partial charge is 0.258 e. The highest BCUT2D eigenvalue weighted by atomic mass is 16.2. The lowest BCUT2D eigenvalue weighted by molar-refractivity contribution is 0.0994. The zero-order valence-corrected chi connectivity index (χ0v) is 17.2. The van der Waals surface area contributed by atoms with E-state index in [0.717, 1.165) is 39.1 Å². The molecule has 0 aliphatic heterocycles. The van der Waals surface area contributed by atoms with Crippen molar-refractivity contribution in [1.82, 2.24) is 14.8 Å². The van der Waals surface area contributed by atoms with Gasteiger partial charge >= 0.3 is 0 Å². The number of hydrogen-bond donors (Lipinski definition) is 0. The molecule has 0 unspecified atom stereocenters. The van der Waals surface area contributed by atoms with E-state index in [1.54, 1.807) is 11.1 Å². The minimum absolute atomic E-state index is 0.0739. The van der Waals surface area contributed by atoms with Crippen LogP contribution in [0.1, 0.15) is 28.4 Å². The Bertz CT molecular complexity index is 1170. The summed E-state index contributed by atoms with van der Waals surface area (Å²) >= 11 is 0. The molecular formula is C24H24N4O. The van der Waals surface area contributed by atoms with E-state index in [4.69, 9.17) is 4.98 Å². The number of hydrogen-bond acceptors (Lipinski definition) is 3. The minimum Gasteiger partial charge on any atom is -0.311 e. The molecule has 0 N–H and O–H groups in total. The van der Waals surface area contributed by atoms with E-state index in [0.29, 0.717) is 12.1 Å². The molecule has 0 saturated carbocycles. The zero-order valence-electron chi connectivity index (χ0n) is 17.2. The number of aryl methyl sites for hydroxylation is 3. The molecule has 2 aromatic heterocycles. The van der Waals surface area contributed by atoms with Crippen molar-refractivity contribution in [3.63, 3.8) is 0 Å². The van der Waals surface area contributed by atoms with Crippen LogP contribution in [0.3, 0.4) is 0 Å². The van der Waals surface area contributed by atoms with Crippen LogP contribution in [0.2, 0.25) is 0 Å². The van der Waals surface area contributed by atoms with Gasteiger partial charge in [-0.1, -0.05) is 36.4 Å². The standard InChI is InChI=1S/C24H24N4O/c1-5-28-23-21(15-25-28)20(14-22(26-23)18-9-7-6-8-10-18)24(29)27(4)19-12-16(2)11-17(3)13-19/h6-15H,5H2,1-4H3. The van der Waals surface area contributed by atoms with Gasteiger partial charge in [-0.3, -0.25) is 4.79 Å². The summed E-state index contributed by atoms with van der Waals surface area (Å²) < 4.78 is 1.83. The average molecular weight is 384 g/mol. The SMILES string of the molecule is CCn1ncc2c(C(=O)N(C)c3cc(C)cc(C)c3)cc(-c3ccccc3)nc21. The Morgan fingerprint density at radius 3 is 2.38 bits per heavy atom. The van der Waals surface area contributed by atoms with Gasteiger partial charge in [-0.25, -0.2) is 9.67 Å². The first-order chi connectivity index (χ1) is 14.0. The minimum atomic E-state index is -0.0739. The molecule has 0 spiro atoms. The summed E-state index contributed by atoms with van der Waals surface area (Å²) in [6.07, 6.45) is 1.74. The summed E-state index contributed by atoms with van der Waals surface area (Å²) in [7, 11) is 1.81. The number of anilines is 1. The number of amides is 1. The maximum absolute atomic E-state index is 13.5. The Morgan fingerprint density at radius 2 is 1.72 bits per heavy atom. The lowest BCUT2D eigenvalue weighted by atomic mass is 10.1. The molecule has 0 radical (unpaired) electrons. The Morgan fingerprint density at radius 1 is 1.03 bits per heavy atom. The van der Waals surface area contributed by atoms with Crippen molar-refractivity contribution in [3.05, 3.63) is 77.5 Å². The van der Waals surface area contributed by atoms with Crippen molar-refractivity contribution >= 4 is 22.6 Å². The van der Waals surface area contributed by atoms with Crippen LogP contribution < -0.4 is 4.90 Å². The molecule has 2 heterocycles. The van der Waals surface area contributed by atoms with Crippen molar-refractivity contribution < 1.29 is 4.79 Å². The quantitative estimate of drug-likeness (QED) is 0.497. The van der Waals surface area contributed by atoms with Gasteiger partial charge in [-0.15, -0.1) is 0 Å².